The van der Waals surface area contributed by atoms with Gasteiger partial charge in [-0.3, -0.25) is 0 Å². The second-order valence-corrected chi connectivity index (χ2v) is 4.48. The Morgan fingerprint density at radius 2 is 2.20 bits per heavy atom. The van der Waals surface area contributed by atoms with E-state index in [1.54, 1.807) is 6.20 Å². The third kappa shape index (κ3) is 2.61. The van der Waals surface area contributed by atoms with Gasteiger partial charge >= 0.3 is 0 Å². The Balaban J connectivity index is 1.97. The summed E-state index contributed by atoms with van der Waals surface area (Å²) in [5, 5.41) is 0. The molecule has 15 heavy (non-hydrogen) atoms. The Morgan fingerprint density at radius 3 is 2.87 bits per heavy atom. The zero-order chi connectivity index (χ0) is 10.7. The molecule has 0 spiro atoms. The molecule has 3 nitrogen and oxygen atoms in total. The minimum Gasteiger partial charge on any atom is -0.399 e. The summed E-state index contributed by atoms with van der Waals surface area (Å²) < 4.78 is 0. The smallest absolute Gasteiger partial charge is 0.130 e. The molecule has 0 bridgehead atoms. The maximum Gasteiger partial charge on any atom is 0.130 e. The predicted octanol–water partition coefficient (Wildman–Crippen LogP) is 2.29. The quantitative estimate of drug-likeness (QED) is 0.823. The zero-order valence-corrected chi connectivity index (χ0v) is 9.32. The van der Waals surface area contributed by atoms with E-state index in [1.807, 2.05) is 12.1 Å². The van der Waals surface area contributed by atoms with Crippen molar-refractivity contribution >= 4 is 11.5 Å². The van der Waals surface area contributed by atoms with Crippen LogP contribution in [0.4, 0.5) is 11.5 Å². The largest absolute Gasteiger partial charge is 0.399 e. The molecule has 82 valence electrons. The molecular formula is C12H19N3. The van der Waals surface area contributed by atoms with Gasteiger partial charge in [-0.25, -0.2) is 4.98 Å². The van der Waals surface area contributed by atoms with E-state index in [1.165, 1.54) is 25.7 Å². The van der Waals surface area contributed by atoms with Gasteiger partial charge in [0.25, 0.3) is 0 Å². The van der Waals surface area contributed by atoms with Crippen LogP contribution in [0.2, 0.25) is 0 Å². The van der Waals surface area contributed by atoms with Gasteiger partial charge in [0, 0.05) is 31.5 Å². The van der Waals surface area contributed by atoms with Crippen LogP contribution < -0.4 is 10.6 Å². The molecule has 2 N–H and O–H groups in total. The summed E-state index contributed by atoms with van der Waals surface area (Å²) in [6.07, 6.45) is 7.29. The lowest BCUT2D eigenvalue weighted by molar-refractivity contribution is 0.545. The minimum absolute atomic E-state index is 0.790. The van der Waals surface area contributed by atoms with Gasteiger partial charge in [0.1, 0.15) is 5.82 Å². The molecule has 1 aliphatic carbocycles. The van der Waals surface area contributed by atoms with E-state index in [2.05, 4.69) is 16.9 Å². The maximum atomic E-state index is 5.74. The minimum atomic E-state index is 0.790. The monoisotopic (exact) mass is 205 g/mol. The lowest BCUT2D eigenvalue weighted by Crippen LogP contribution is -2.24. The molecule has 1 aromatic rings. The molecule has 3 heteroatoms. The van der Waals surface area contributed by atoms with Crippen molar-refractivity contribution in [2.75, 3.05) is 24.2 Å². The molecule has 0 saturated heterocycles. The number of nitrogens with two attached hydrogens (primary N) is 1. The van der Waals surface area contributed by atoms with Crippen LogP contribution in [0.3, 0.4) is 0 Å². The molecule has 0 amide bonds. The standard InChI is InChI=1S/C12H19N3/c1-15(9-10-4-2-3-5-10)12-8-11(13)6-7-14-12/h6-8,10H,2-5,9H2,1H3,(H2,13,14). The summed E-state index contributed by atoms with van der Waals surface area (Å²) in [6.45, 7) is 1.11. The van der Waals surface area contributed by atoms with Gasteiger partial charge in [0.15, 0.2) is 0 Å². The molecule has 0 unspecified atom stereocenters. The Hall–Kier alpha value is -1.25. The summed E-state index contributed by atoms with van der Waals surface area (Å²) >= 11 is 0. The van der Waals surface area contributed by atoms with Crippen LogP contribution in [0.5, 0.6) is 0 Å². The molecule has 1 aliphatic rings. The number of hydrogen-bond acceptors (Lipinski definition) is 3. The van der Waals surface area contributed by atoms with Crippen LogP contribution in [-0.4, -0.2) is 18.6 Å². The van der Waals surface area contributed by atoms with Crippen LogP contribution in [-0.2, 0) is 0 Å². The highest BCUT2D eigenvalue weighted by Crippen LogP contribution is 2.26. The van der Waals surface area contributed by atoms with Crippen molar-refractivity contribution in [1.29, 1.82) is 0 Å². The van der Waals surface area contributed by atoms with E-state index in [-0.39, 0.29) is 0 Å². The van der Waals surface area contributed by atoms with Crippen molar-refractivity contribution in [3.05, 3.63) is 18.3 Å². The Bertz CT molecular complexity index is 318. The van der Waals surface area contributed by atoms with Crippen molar-refractivity contribution in [1.82, 2.24) is 4.98 Å². The van der Waals surface area contributed by atoms with Crippen LogP contribution in [0.15, 0.2) is 18.3 Å². The van der Waals surface area contributed by atoms with Gasteiger partial charge in [-0.1, -0.05) is 12.8 Å². The van der Waals surface area contributed by atoms with E-state index in [4.69, 9.17) is 5.73 Å². The molecule has 0 radical (unpaired) electrons. The SMILES string of the molecule is CN(CC1CCCC1)c1cc(N)ccn1. The van der Waals surface area contributed by atoms with Gasteiger partial charge in [-0.15, -0.1) is 0 Å². The van der Waals surface area contributed by atoms with Crippen molar-refractivity contribution in [2.24, 2.45) is 5.92 Å². The Labute approximate surface area is 91.3 Å². The number of hydrogen-bond donors (Lipinski definition) is 1. The fourth-order valence-corrected chi connectivity index (χ4v) is 2.32. The third-order valence-corrected chi connectivity index (χ3v) is 3.17. The van der Waals surface area contributed by atoms with E-state index in [0.717, 1.165) is 24.0 Å². The molecule has 1 aromatic heterocycles. The maximum absolute atomic E-state index is 5.74. The van der Waals surface area contributed by atoms with Gasteiger partial charge in [-0.2, -0.15) is 0 Å². The second kappa shape index (κ2) is 4.51. The van der Waals surface area contributed by atoms with Crippen LogP contribution in [0, 0.1) is 5.92 Å². The van der Waals surface area contributed by atoms with Gasteiger partial charge < -0.3 is 10.6 Å². The summed E-state index contributed by atoms with van der Waals surface area (Å²) in [5.74, 6) is 1.83. The number of pyridine rings is 1. The normalized spacial score (nSPS) is 16.9. The second-order valence-electron chi connectivity index (χ2n) is 4.48. The molecular weight excluding hydrogens is 186 g/mol. The third-order valence-electron chi connectivity index (χ3n) is 3.17. The number of aromatic nitrogens is 1. The summed E-state index contributed by atoms with van der Waals surface area (Å²) in [7, 11) is 2.10. The fraction of sp³-hybridized carbons (Fsp3) is 0.583. The van der Waals surface area contributed by atoms with Crippen molar-refractivity contribution in [3.63, 3.8) is 0 Å². The first kappa shape index (κ1) is 10.3. The van der Waals surface area contributed by atoms with Crippen LogP contribution in [0.25, 0.3) is 0 Å². The highest BCUT2D eigenvalue weighted by Gasteiger charge is 2.17. The van der Waals surface area contributed by atoms with Gasteiger partial charge in [-0.05, 0) is 24.8 Å². The first-order chi connectivity index (χ1) is 7.25. The Kier molecular flexibility index (Phi) is 3.09. The van der Waals surface area contributed by atoms with Gasteiger partial charge in [0.05, 0.1) is 0 Å². The summed E-state index contributed by atoms with van der Waals surface area (Å²) in [4.78, 5) is 6.54. The average Bonchev–Trinajstić information content (AvgIpc) is 2.70. The number of nitrogens with zero attached hydrogens (tertiary/aromatic N) is 2. The summed E-state index contributed by atoms with van der Waals surface area (Å²) in [5.41, 5.74) is 6.53. The van der Waals surface area contributed by atoms with Gasteiger partial charge in [0.2, 0.25) is 0 Å². The summed E-state index contributed by atoms with van der Waals surface area (Å²) in [6, 6.07) is 3.77. The zero-order valence-electron chi connectivity index (χ0n) is 9.32. The van der Waals surface area contributed by atoms with E-state index < -0.39 is 0 Å². The molecule has 0 atom stereocenters. The van der Waals surface area contributed by atoms with Crippen molar-refractivity contribution in [2.45, 2.75) is 25.7 Å². The van der Waals surface area contributed by atoms with Crippen molar-refractivity contribution < 1.29 is 0 Å². The Morgan fingerprint density at radius 1 is 1.47 bits per heavy atom. The number of nitrogen functional groups attached to an aromatic ring is 1. The lowest BCUT2D eigenvalue weighted by atomic mass is 10.1. The van der Waals surface area contributed by atoms with E-state index in [9.17, 15) is 0 Å². The fourth-order valence-electron chi connectivity index (χ4n) is 2.32. The molecule has 0 aliphatic heterocycles. The van der Waals surface area contributed by atoms with Crippen LogP contribution >= 0.6 is 0 Å². The topological polar surface area (TPSA) is 42.1 Å². The van der Waals surface area contributed by atoms with Crippen LogP contribution in [0.1, 0.15) is 25.7 Å². The number of rotatable bonds is 3. The highest BCUT2D eigenvalue weighted by molar-refractivity contribution is 5.49. The first-order valence-electron chi connectivity index (χ1n) is 5.68. The lowest BCUT2D eigenvalue weighted by Gasteiger charge is -2.22. The number of anilines is 2. The molecule has 1 fully saturated rings. The molecule has 0 aromatic carbocycles. The van der Waals surface area contributed by atoms with E-state index >= 15 is 0 Å². The average molecular weight is 205 g/mol. The van der Waals surface area contributed by atoms with Crippen molar-refractivity contribution in [3.8, 4) is 0 Å². The molecule has 2 rings (SSSR count). The highest BCUT2D eigenvalue weighted by atomic mass is 15.2. The predicted molar refractivity (Wildman–Crippen MR) is 63.9 cm³/mol. The molecule has 1 heterocycles. The first-order valence-corrected chi connectivity index (χ1v) is 5.68. The molecule has 1 saturated carbocycles. The van der Waals surface area contributed by atoms with E-state index in [0.29, 0.717) is 0 Å².